The van der Waals surface area contributed by atoms with Crippen molar-refractivity contribution in [1.29, 1.82) is 0 Å². The Balaban J connectivity index is 2.70. The number of rotatable bonds is 5. The van der Waals surface area contributed by atoms with Crippen LogP contribution in [0.5, 0.6) is 0 Å². The number of halogens is 3. The fourth-order valence-electron chi connectivity index (χ4n) is 1.13. The maximum atomic E-state index is 11.8. The molecule has 0 atom stereocenters. The fourth-order valence-corrected chi connectivity index (χ4v) is 1.31. The van der Waals surface area contributed by atoms with E-state index >= 15 is 0 Å². The smallest absolute Gasteiger partial charge is 0.269 e. The monoisotopic (exact) mass is 250 g/mol. The van der Waals surface area contributed by atoms with Crippen molar-refractivity contribution in [3.8, 4) is 0 Å². The van der Waals surface area contributed by atoms with Gasteiger partial charge in [0.25, 0.3) is 12.1 Å². The summed E-state index contributed by atoms with van der Waals surface area (Å²) >= 11 is 5.77. The van der Waals surface area contributed by atoms with Gasteiger partial charge in [0.05, 0.1) is 11.5 Å². The van der Waals surface area contributed by atoms with Crippen molar-refractivity contribution >= 4 is 17.3 Å². The quantitative estimate of drug-likeness (QED) is 0.646. The normalized spacial score (nSPS) is 10.8. The Hall–Kier alpha value is -1.27. The van der Waals surface area contributed by atoms with E-state index in [4.69, 9.17) is 11.6 Å². The Morgan fingerprint density at radius 2 is 2.19 bits per heavy atom. The van der Waals surface area contributed by atoms with Gasteiger partial charge in [-0.2, -0.15) is 0 Å². The minimum Gasteiger partial charge on any atom is -0.307 e. The van der Waals surface area contributed by atoms with Gasteiger partial charge in [-0.3, -0.25) is 10.1 Å². The summed E-state index contributed by atoms with van der Waals surface area (Å²) < 4.78 is 23.7. The summed E-state index contributed by atoms with van der Waals surface area (Å²) in [5.74, 6) is 0. The van der Waals surface area contributed by atoms with Gasteiger partial charge in [-0.1, -0.05) is 11.6 Å². The van der Waals surface area contributed by atoms with E-state index in [0.29, 0.717) is 10.6 Å². The SMILES string of the molecule is O=[N+]([O-])c1ccc(Cl)c(CNCC(F)F)c1. The molecule has 0 aliphatic rings. The Bertz CT molecular complexity index is 388. The average Bonchev–Trinajstić information content (AvgIpc) is 2.20. The van der Waals surface area contributed by atoms with Gasteiger partial charge in [0.1, 0.15) is 0 Å². The third-order valence-corrected chi connectivity index (χ3v) is 2.22. The molecule has 0 aromatic heterocycles. The van der Waals surface area contributed by atoms with Crippen LogP contribution in [0, 0.1) is 10.1 Å². The first kappa shape index (κ1) is 12.8. The Kier molecular flexibility index (Phi) is 4.57. The van der Waals surface area contributed by atoms with Crippen molar-refractivity contribution < 1.29 is 13.7 Å². The minimum absolute atomic E-state index is 0.0743. The first-order chi connectivity index (χ1) is 7.50. The number of benzene rings is 1. The number of hydrogen-bond donors (Lipinski definition) is 1. The van der Waals surface area contributed by atoms with E-state index < -0.39 is 17.9 Å². The molecular weight excluding hydrogens is 242 g/mol. The van der Waals surface area contributed by atoms with E-state index in [1.807, 2.05) is 0 Å². The lowest BCUT2D eigenvalue weighted by molar-refractivity contribution is -0.384. The van der Waals surface area contributed by atoms with Gasteiger partial charge in [0, 0.05) is 23.7 Å². The summed E-state index contributed by atoms with van der Waals surface area (Å²) in [4.78, 5) is 9.91. The molecule has 0 unspecified atom stereocenters. The summed E-state index contributed by atoms with van der Waals surface area (Å²) in [6.45, 7) is -0.399. The van der Waals surface area contributed by atoms with Crippen LogP contribution < -0.4 is 5.32 Å². The molecule has 0 aliphatic carbocycles. The lowest BCUT2D eigenvalue weighted by atomic mass is 10.2. The summed E-state index contributed by atoms with van der Waals surface area (Å²) in [7, 11) is 0. The molecule has 0 saturated carbocycles. The molecule has 0 bridgehead atoms. The summed E-state index contributed by atoms with van der Waals surface area (Å²) in [6, 6.07) is 3.90. The van der Waals surface area contributed by atoms with E-state index in [1.54, 1.807) is 0 Å². The van der Waals surface area contributed by atoms with Gasteiger partial charge in [0.2, 0.25) is 0 Å². The van der Waals surface area contributed by atoms with Gasteiger partial charge >= 0.3 is 0 Å². The molecule has 0 amide bonds. The number of nitro groups is 1. The second-order valence-corrected chi connectivity index (χ2v) is 3.46. The zero-order valence-electron chi connectivity index (χ0n) is 8.12. The number of alkyl halides is 2. The molecule has 1 rings (SSSR count). The van der Waals surface area contributed by atoms with Crippen molar-refractivity contribution in [3.05, 3.63) is 38.9 Å². The van der Waals surface area contributed by atoms with Crippen LogP contribution in [0.3, 0.4) is 0 Å². The third kappa shape index (κ3) is 3.71. The van der Waals surface area contributed by atoms with Crippen LogP contribution in [0.2, 0.25) is 5.02 Å². The minimum atomic E-state index is -2.46. The van der Waals surface area contributed by atoms with Crippen LogP contribution in [-0.4, -0.2) is 17.9 Å². The molecular formula is C9H9ClF2N2O2. The molecule has 1 N–H and O–H groups in total. The highest BCUT2D eigenvalue weighted by atomic mass is 35.5. The molecule has 7 heteroatoms. The summed E-state index contributed by atoms with van der Waals surface area (Å²) in [6.07, 6.45) is -2.46. The van der Waals surface area contributed by atoms with E-state index in [2.05, 4.69) is 5.32 Å². The number of non-ortho nitro benzene ring substituents is 1. The van der Waals surface area contributed by atoms with E-state index in [9.17, 15) is 18.9 Å². The summed E-state index contributed by atoms with van der Waals surface area (Å²) in [5, 5.41) is 13.2. The zero-order valence-corrected chi connectivity index (χ0v) is 8.88. The van der Waals surface area contributed by atoms with Gasteiger partial charge in [-0.25, -0.2) is 8.78 Å². The van der Waals surface area contributed by atoms with Crippen molar-refractivity contribution in [2.45, 2.75) is 13.0 Å². The first-order valence-corrected chi connectivity index (χ1v) is 4.80. The number of nitrogens with zero attached hydrogens (tertiary/aromatic N) is 1. The van der Waals surface area contributed by atoms with Crippen molar-refractivity contribution in [2.75, 3.05) is 6.54 Å². The molecule has 0 spiro atoms. The largest absolute Gasteiger partial charge is 0.307 e. The fraction of sp³-hybridized carbons (Fsp3) is 0.333. The first-order valence-electron chi connectivity index (χ1n) is 4.42. The summed E-state index contributed by atoms with van der Waals surface area (Å²) in [5.41, 5.74) is 0.315. The molecule has 0 radical (unpaired) electrons. The van der Waals surface area contributed by atoms with Crippen LogP contribution in [-0.2, 0) is 6.54 Å². The van der Waals surface area contributed by atoms with Gasteiger partial charge in [-0.15, -0.1) is 0 Å². The Labute approximate surface area is 95.4 Å². The van der Waals surface area contributed by atoms with E-state index in [-0.39, 0.29) is 12.2 Å². The molecule has 0 aliphatic heterocycles. The van der Waals surface area contributed by atoms with Crippen LogP contribution in [0.1, 0.15) is 5.56 Å². The lowest BCUT2D eigenvalue weighted by Gasteiger charge is -2.05. The third-order valence-electron chi connectivity index (χ3n) is 1.85. The van der Waals surface area contributed by atoms with E-state index in [0.717, 1.165) is 0 Å². The van der Waals surface area contributed by atoms with Crippen LogP contribution in [0.25, 0.3) is 0 Å². The molecule has 1 aromatic rings. The molecule has 0 heterocycles. The Morgan fingerprint density at radius 1 is 1.50 bits per heavy atom. The number of nitrogens with one attached hydrogen (secondary N) is 1. The van der Waals surface area contributed by atoms with Crippen molar-refractivity contribution in [1.82, 2.24) is 5.32 Å². The van der Waals surface area contributed by atoms with Gasteiger partial charge in [0.15, 0.2) is 0 Å². The predicted molar refractivity (Wildman–Crippen MR) is 55.8 cm³/mol. The molecule has 4 nitrogen and oxygen atoms in total. The van der Waals surface area contributed by atoms with Crippen molar-refractivity contribution in [3.63, 3.8) is 0 Å². The second-order valence-electron chi connectivity index (χ2n) is 3.05. The molecule has 0 fully saturated rings. The van der Waals surface area contributed by atoms with Gasteiger partial charge < -0.3 is 5.32 Å². The molecule has 0 saturated heterocycles. The maximum Gasteiger partial charge on any atom is 0.269 e. The number of hydrogen-bond acceptors (Lipinski definition) is 3. The lowest BCUT2D eigenvalue weighted by Crippen LogP contribution is -2.20. The second kappa shape index (κ2) is 5.72. The topological polar surface area (TPSA) is 55.2 Å². The van der Waals surface area contributed by atoms with Crippen LogP contribution in [0.4, 0.5) is 14.5 Å². The zero-order chi connectivity index (χ0) is 12.1. The maximum absolute atomic E-state index is 11.8. The number of nitro benzene ring substituents is 1. The highest BCUT2D eigenvalue weighted by Gasteiger charge is 2.10. The Morgan fingerprint density at radius 3 is 2.75 bits per heavy atom. The molecule has 1 aromatic carbocycles. The predicted octanol–water partition coefficient (Wildman–Crippen LogP) is 2.60. The highest BCUT2D eigenvalue weighted by Crippen LogP contribution is 2.21. The van der Waals surface area contributed by atoms with E-state index in [1.165, 1.54) is 18.2 Å². The van der Waals surface area contributed by atoms with Crippen molar-refractivity contribution in [2.24, 2.45) is 0 Å². The van der Waals surface area contributed by atoms with Gasteiger partial charge in [-0.05, 0) is 11.6 Å². The van der Waals surface area contributed by atoms with Crippen LogP contribution >= 0.6 is 11.6 Å². The molecule has 88 valence electrons. The molecule has 16 heavy (non-hydrogen) atoms. The highest BCUT2D eigenvalue weighted by molar-refractivity contribution is 6.31. The average molecular weight is 251 g/mol. The van der Waals surface area contributed by atoms with Crippen LogP contribution in [0.15, 0.2) is 18.2 Å². The standard InChI is InChI=1S/C9H9ClF2N2O2/c10-8-2-1-7(14(15)16)3-6(8)4-13-5-9(11)12/h1-3,9,13H,4-5H2.